The van der Waals surface area contributed by atoms with Crippen molar-refractivity contribution >= 4 is 11.6 Å². The summed E-state index contributed by atoms with van der Waals surface area (Å²) in [5.74, 6) is 0.0273. The number of rotatable bonds is 3. The quantitative estimate of drug-likeness (QED) is 0.854. The Morgan fingerprint density at radius 3 is 1.60 bits per heavy atom. The Kier molecular flexibility index (Phi) is 4.08. The van der Waals surface area contributed by atoms with Gasteiger partial charge in [-0.2, -0.15) is 0 Å². The van der Waals surface area contributed by atoms with E-state index >= 15 is 0 Å². The van der Waals surface area contributed by atoms with Crippen LogP contribution in [-0.4, -0.2) is 39.0 Å². The summed E-state index contributed by atoms with van der Waals surface area (Å²) < 4.78 is 0. The lowest BCUT2D eigenvalue weighted by molar-refractivity contribution is 0.0827. The van der Waals surface area contributed by atoms with Crippen LogP contribution in [0.1, 0.15) is 10.4 Å². The molecule has 0 bridgehead atoms. The van der Waals surface area contributed by atoms with E-state index in [1.807, 2.05) is 38.4 Å². The van der Waals surface area contributed by atoms with Gasteiger partial charge in [0, 0.05) is 39.4 Å². The molecule has 0 N–H and O–H groups in total. The minimum atomic E-state index is 0.0273. The van der Waals surface area contributed by atoms with Gasteiger partial charge in [-0.25, -0.2) is 0 Å². The van der Waals surface area contributed by atoms with E-state index in [2.05, 4.69) is 29.2 Å². The smallest absolute Gasteiger partial charge is 0.253 e. The molecule has 1 amide bonds. The van der Waals surface area contributed by atoms with Crippen molar-refractivity contribution in [2.75, 3.05) is 33.1 Å². The van der Waals surface area contributed by atoms with Crippen molar-refractivity contribution in [3.63, 3.8) is 0 Å². The Morgan fingerprint density at radius 2 is 1.20 bits per heavy atom. The topological polar surface area (TPSA) is 23.6 Å². The first-order chi connectivity index (χ1) is 9.49. The maximum atomic E-state index is 11.8. The number of carbonyl (C=O) groups excluding carboxylic acids is 1. The van der Waals surface area contributed by atoms with Gasteiger partial charge in [0.25, 0.3) is 5.91 Å². The monoisotopic (exact) mass is 268 g/mol. The molecular formula is C17H20N2O. The molecule has 2 rings (SSSR count). The first-order valence-electron chi connectivity index (χ1n) is 6.58. The number of nitrogens with zero attached hydrogens (tertiary/aromatic N) is 2. The summed E-state index contributed by atoms with van der Waals surface area (Å²) in [5.41, 5.74) is 4.15. The molecule has 0 aliphatic carbocycles. The molecule has 0 aliphatic rings. The van der Waals surface area contributed by atoms with Gasteiger partial charge in [-0.1, -0.05) is 24.3 Å². The molecule has 2 aromatic rings. The zero-order chi connectivity index (χ0) is 14.7. The fraction of sp³-hybridized carbons (Fsp3) is 0.235. The second kappa shape index (κ2) is 5.78. The Balaban J connectivity index is 2.23. The van der Waals surface area contributed by atoms with Gasteiger partial charge in [0.1, 0.15) is 0 Å². The minimum Gasteiger partial charge on any atom is -0.378 e. The highest BCUT2D eigenvalue weighted by Crippen LogP contribution is 2.23. The fourth-order valence-electron chi connectivity index (χ4n) is 2.02. The third-order valence-electron chi connectivity index (χ3n) is 3.26. The normalized spacial score (nSPS) is 10.2. The van der Waals surface area contributed by atoms with Gasteiger partial charge in [0.2, 0.25) is 0 Å². The lowest BCUT2D eigenvalue weighted by Crippen LogP contribution is -2.21. The van der Waals surface area contributed by atoms with Crippen LogP contribution >= 0.6 is 0 Å². The SMILES string of the molecule is CN(C)C(=O)c1ccc(-c2ccc(N(C)C)cc2)cc1. The van der Waals surface area contributed by atoms with Gasteiger partial charge >= 0.3 is 0 Å². The van der Waals surface area contributed by atoms with E-state index in [9.17, 15) is 4.79 Å². The van der Waals surface area contributed by atoms with Crippen LogP contribution in [0.2, 0.25) is 0 Å². The average molecular weight is 268 g/mol. The van der Waals surface area contributed by atoms with Crippen LogP contribution in [0, 0.1) is 0 Å². The lowest BCUT2D eigenvalue weighted by atomic mass is 10.0. The Hall–Kier alpha value is -2.29. The van der Waals surface area contributed by atoms with Crippen molar-refractivity contribution in [3.05, 3.63) is 54.1 Å². The standard InChI is InChI=1S/C17H20N2O/c1-18(2)16-11-9-14(10-12-16)13-5-7-15(8-6-13)17(20)19(3)4/h5-12H,1-4H3. The highest BCUT2D eigenvalue weighted by atomic mass is 16.2. The zero-order valence-corrected chi connectivity index (χ0v) is 12.4. The van der Waals surface area contributed by atoms with Crippen LogP contribution in [0.4, 0.5) is 5.69 Å². The van der Waals surface area contributed by atoms with E-state index in [1.165, 1.54) is 5.69 Å². The molecule has 0 fully saturated rings. The van der Waals surface area contributed by atoms with Gasteiger partial charge in [-0.3, -0.25) is 4.79 Å². The van der Waals surface area contributed by atoms with Gasteiger partial charge in [-0.15, -0.1) is 0 Å². The van der Waals surface area contributed by atoms with E-state index in [0.717, 1.165) is 11.1 Å². The molecule has 3 nitrogen and oxygen atoms in total. The molecule has 0 spiro atoms. The van der Waals surface area contributed by atoms with Crippen molar-refractivity contribution in [2.45, 2.75) is 0 Å². The maximum Gasteiger partial charge on any atom is 0.253 e. The summed E-state index contributed by atoms with van der Waals surface area (Å²) in [7, 11) is 7.57. The van der Waals surface area contributed by atoms with Crippen LogP contribution in [0.15, 0.2) is 48.5 Å². The Morgan fingerprint density at radius 1 is 0.750 bits per heavy atom. The molecule has 0 aromatic heterocycles. The molecule has 0 unspecified atom stereocenters. The molecule has 0 saturated heterocycles. The van der Waals surface area contributed by atoms with Crippen LogP contribution < -0.4 is 4.90 Å². The summed E-state index contributed by atoms with van der Waals surface area (Å²) in [4.78, 5) is 15.5. The molecular weight excluding hydrogens is 248 g/mol. The Labute approximate surface area is 120 Å². The third-order valence-corrected chi connectivity index (χ3v) is 3.26. The van der Waals surface area contributed by atoms with Crippen LogP contribution in [0.3, 0.4) is 0 Å². The molecule has 0 radical (unpaired) electrons. The first-order valence-corrected chi connectivity index (χ1v) is 6.58. The largest absolute Gasteiger partial charge is 0.378 e. The van der Waals surface area contributed by atoms with E-state index in [1.54, 1.807) is 19.0 Å². The predicted molar refractivity (Wildman–Crippen MR) is 84.2 cm³/mol. The van der Waals surface area contributed by atoms with E-state index in [0.29, 0.717) is 5.56 Å². The summed E-state index contributed by atoms with van der Waals surface area (Å²) in [5, 5.41) is 0. The van der Waals surface area contributed by atoms with Crippen molar-refractivity contribution in [1.82, 2.24) is 4.90 Å². The first kappa shape index (κ1) is 14.1. The predicted octanol–water partition coefficient (Wildman–Crippen LogP) is 3.12. The number of hydrogen-bond acceptors (Lipinski definition) is 2. The van der Waals surface area contributed by atoms with Crippen LogP contribution in [0.25, 0.3) is 11.1 Å². The second-order valence-corrected chi connectivity index (χ2v) is 5.22. The summed E-state index contributed by atoms with van der Waals surface area (Å²) in [6, 6.07) is 16.1. The molecule has 104 valence electrons. The number of anilines is 1. The number of benzene rings is 2. The van der Waals surface area contributed by atoms with E-state index in [4.69, 9.17) is 0 Å². The van der Waals surface area contributed by atoms with Gasteiger partial charge < -0.3 is 9.80 Å². The zero-order valence-electron chi connectivity index (χ0n) is 12.4. The maximum absolute atomic E-state index is 11.8. The number of amides is 1. The second-order valence-electron chi connectivity index (χ2n) is 5.22. The number of carbonyl (C=O) groups is 1. The van der Waals surface area contributed by atoms with Crippen molar-refractivity contribution in [2.24, 2.45) is 0 Å². The Bertz CT molecular complexity index is 583. The summed E-state index contributed by atoms with van der Waals surface area (Å²) >= 11 is 0. The van der Waals surface area contributed by atoms with E-state index < -0.39 is 0 Å². The van der Waals surface area contributed by atoms with Crippen molar-refractivity contribution < 1.29 is 4.79 Å². The van der Waals surface area contributed by atoms with Crippen molar-refractivity contribution in [3.8, 4) is 11.1 Å². The molecule has 3 heteroatoms. The average Bonchev–Trinajstić information content (AvgIpc) is 2.46. The molecule has 2 aromatic carbocycles. The molecule has 0 atom stereocenters. The van der Waals surface area contributed by atoms with Crippen molar-refractivity contribution in [1.29, 1.82) is 0 Å². The van der Waals surface area contributed by atoms with Crippen LogP contribution in [-0.2, 0) is 0 Å². The molecule has 0 aliphatic heterocycles. The lowest BCUT2D eigenvalue weighted by Gasteiger charge is -2.13. The fourth-order valence-corrected chi connectivity index (χ4v) is 2.02. The molecule has 0 heterocycles. The highest BCUT2D eigenvalue weighted by Gasteiger charge is 2.07. The van der Waals surface area contributed by atoms with Crippen LogP contribution in [0.5, 0.6) is 0 Å². The van der Waals surface area contributed by atoms with Gasteiger partial charge in [0.05, 0.1) is 0 Å². The third kappa shape index (κ3) is 2.99. The molecule has 0 saturated carbocycles. The van der Waals surface area contributed by atoms with E-state index in [-0.39, 0.29) is 5.91 Å². The summed E-state index contributed by atoms with van der Waals surface area (Å²) in [6.45, 7) is 0. The molecule has 20 heavy (non-hydrogen) atoms. The van der Waals surface area contributed by atoms with Gasteiger partial charge in [-0.05, 0) is 35.4 Å². The highest BCUT2D eigenvalue weighted by molar-refractivity contribution is 5.94. The van der Waals surface area contributed by atoms with Gasteiger partial charge in [0.15, 0.2) is 0 Å². The minimum absolute atomic E-state index is 0.0273. The summed E-state index contributed by atoms with van der Waals surface area (Å²) in [6.07, 6.45) is 0. The number of hydrogen-bond donors (Lipinski definition) is 0.